The quantitative estimate of drug-likeness (QED) is 0.777. The van der Waals surface area contributed by atoms with Gasteiger partial charge in [-0.05, 0) is 44.1 Å². The van der Waals surface area contributed by atoms with E-state index in [0.29, 0.717) is 24.3 Å². The van der Waals surface area contributed by atoms with Crippen molar-refractivity contribution in [2.75, 3.05) is 26.3 Å². The fourth-order valence-electron chi connectivity index (χ4n) is 2.89. The third kappa shape index (κ3) is 4.25. The van der Waals surface area contributed by atoms with E-state index in [1.165, 1.54) is 12.8 Å². The van der Waals surface area contributed by atoms with Crippen LogP contribution in [0.5, 0.6) is 0 Å². The van der Waals surface area contributed by atoms with Gasteiger partial charge in [0.1, 0.15) is 0 Å². The van der Waals surface area contributed by atoms with Gasteiger partial charge in [0.25, 0.3) is 0 Å². The minimum Gasteiger partial charge on any atom is -0.381 e. The molecule has 2 aliphatic heterocycles. The van der Waals surface area contributed by atoms with Crippen molar-refractivity contribution in [1.82, 2.24) is 10.6 Å². The molecular formula is C14H26N2O2. The largest absolute Gasteiger partial charge is 0.381 e. The van der Waals surface area contributed by atoms with Crippen LogP contribution < -0.4 is 10.6 Å². The zero-order valence-electron chi connectivity index (χ0n) is 11.4. The minimum atomic E-state index is 0.195. The molecule has 2 saturated heterocycles. The smallest absolute Gasteiger partial charge is 0.221 e. The van der Waals surface area contributed by atoms with Gasteiger partial charge in [-0.15, -0.1) is 0 Å². The zero-order valence-corrected chi connectivity index (χ0v) is 11.4. The van der Waals surface area contributed by atoms with Crippen molar-refractivity contribution < 1.29 is 9.53 Å². The van der Waals surface area contributed by atoms with Crippen molar-refractivity contribution in [3.63, 3.8) is 0 Å². The van der Waals surface area contributed by atoms with E-state index in [0.717, 1.165) is 39.1 Å². The van der Waals surface area contributed by atoms with Crippen molar-refractivity contribution in [1.29, 1.82) is 0 Å². The average molecular weight is 254 g/mol. The first-order valence-electron chi connectivity index (χ1n) is 7.33. The first-order chi connectivity index (χ1) is 8.75. The van der Waals surface area contributed by atoms with Crippen molar-refractivity contribution in [3.8, 4) is 0 Å². The third-order valence-electron chi connectivity index (χ3n) is 4.23. The summed E-state index contributed by atoms with van der Waals surface area (Å²) in [6.07, 6.45) is 5.31. The summed E-state index contributed by atoms with van der Waals surface area (Å²) in [6.45, 7) is 5.86. The molecule has 2 heterocycles. The summed E-state index contributed by atoms with van der Waals surface area (Å²) >= 11 is 0. The van der Waals surface area contributed by atoms with E-state index in [-0.39, 0.29) is 5.91 Å². The molecule has 3 atom stereocenters. The van der Waals surface area contributed by atoms with E-state index < -0.39 is 0 Å². The van der Waals surface area contributed by atoms with Crippen LogP contribution in [0.2, 0.25) is 0 Å². The minimum absolute atomic E-state index is 0.195. The van der Waals surface area contributed by atoms with Gasteiger partial charge in [0, 0.05) is 32.2 Å². The summed E-state index contributed by atoms with van der Waals surface area (Å²) in [5, 5.41) is 6.49. The first-order valence-corrected chi connectivity index (χ1v) is 7.33. The Labute approximate surface area is 110 Å². The van der Waals surface area contributed by atoms with Crippen LogP contribution in [-0.2, 0) is 9.53 Å². The predicted octanol–water partition coefficient (Wildman–Crippen LogP) is 1.31. The summed E-state index contributed by atoms with van der Waals surface area (Å²) in [5.74, 6) is 1.46. The van der Waals surface area contributed by atoms with Crippen LogP contribution in [-0.4, -0.2) is 38.3 Å². The predicted molar refractivity (Wildman–Crippen MR) is 71.4 cm³/mol. The van der Waals surface area contributed by atoms with Crippen LogP contribution >= 0.6 is 0 Å². The van der Waals surface area contributed by atoms with Crippen LogP contribution in [0, 0.1) is 11.8 Å². The van der Waals surface area contributed by atoms with Gasteiger partial charge in [-0.3, -0.25) is 4.79 Å². The number of nitrogens with one attached hydrogen (secondary N) is 2. The maximum atomic E-state index is 11.8. The molecule has 1 amide bonds. The molecule has 0 aromatic rings. The Morgan fingerprint density at radius 3 is 3.06 bits per heavy atom. The Balaban J connectivity index is 1.59. The van der Waals surface area contributed by atoms with Gasteiger partial charge < -0.3 is 15.4 Å². The van der Waals surface area contributed by atoms with Crippen molar-refractivity contribution >= 4 is 5.91 Å². The van der Waals surface area contributed by atoms with Crippen molar-refractivity contribution in [3.05, 3.63) is 0 Å². The van der Waals surface area contributed by atoms with Crippen LogP contribution in [0.25, 0.3) is 0 Å². The first kappa shape index (κ1) is 13.8. The van der Waals surface area contributed by atoms with E-state index in [4.69, 9.17) is 4.74 Å². The number of ether oxygens (including phenoxy) is 1. The Morgan fingerprint density at radius 2 is 2.33 bits per heavy atom. The fourth-order valence-corrected chi connectivity index (χ4v) is 2.89. The highest BCUT2D eigenvalue weighted by Gasteiger charge is 2.23. The molecule has 18 heavy (non-hydrogen) atoms. The number of piperidine rings is 1. The summed E-state index contributed by atoms with van der Waals surface area (Å²) in [7, 11) is 0. The molecule has 0 aromatic heterocycles. The molecule has 0 radical (unpaired) electrons. The highest BCUT2D eigenvalue weighted by atomic mass is 16.5. The number of carbonyl (C=O) groups excluding carboxylic acids is 1. The zero-order chi connectivity index (χ0) is 12.8. The van der Waals surface area contributed by atoms with Gasteiger partial charge in [0.2, 0.25) is 5.91 Å². The molecule has 2 rings (SSSR count). The second-order valence-corrected chi connectivity index (χ2v) is 5.75. The highest BCUT2D eigenvalue weighted by molar-refractivity contribution is 5.76. The molecule has 0 aromatic carbocycles. The van der Waals surface area contributed by atoms with Crippen LogP contribution in [0.1, 0.15) is 39.0 Å². The Morgan fingerprint density at radius 1 is 1.44 bits per heavy atom. The van der Waals surface area contributed by atoms with Gasteiger partial charge >= 0.3 is 0 Å². The summed E-state index contributed by atoms with van der Waals surface area (Å²) in [5.41, 5.74) is 0. The molecule has 2 aliphatic rings. The van der Waals surface area contributed by atoms with Gasteiger partial charge in [-0.1, -0.05) is 6.92 Å². The number of hydrogen-bond acceptors (Lipinski definition) is 3. The third-order valence-corrected chi connectivity index (χ3v) is 4.23. The standard InChI is InChI=1S/C14H26N2O2/c1-11-3-2-6-15-13(11)9-14(17)16-7-4-12-5-8-18-10-12/h11-13,15H,2-10H2,1H3,(H,16,17). The maximum Gasteiger partial charge on any atom is 0.221 e. The summed E-state index contributed by atoms with van der Waals surface area (Å²) < 4.78 is 5.33. The van der Waals surface area contributed by atoms with Crippen molar-refractivity contribution in [2.45, 2.75) is 45.1 Å². The average Bonchev–Trinajstić information content (AvgIpc) is 2.85. The molecule has 0 aliphatic carbocycles. The van der Waals surface area contributed by atoms with E-state index >= 15 is 0 Å². The molecule has 4 heteroatoms. The van der Waals surface area contributed by atoms with Gasteiger partial charge in [-0.2, -0.15) is 0 Å². The normalized spacial score (nSPS) is 32.4. The lowest BCUT2D eigenvalue weighted by molar-refractivity contribution is -0.122. The summed E-state index contributed by atoms with van der Waals surface area (Å²) in [6, 6.07) is 0.369. The van der Waals surface area contributed by atoms with E-state index in [1.807, 2.05) is 0 Å². The van der Waals surface area contributed by atoms with Gasteiger partial charge in [0.05, 0.1) is 0 Å². The maximum absolute atomic E-state index is 11.8. The van der Waals surface area contributed by atoms with E-state index in [9.17, 15) is 4.79 Å². The molecule has 4 nitrogen and oxygen atoms in total. The van der Waals surface area contributed by atoms with E-state index in [2.05, 4.69) is 17.6 Å². The van der Waals surface area contributed by atoms with Gasteiger partial charge in [-0.25, -0.2) is 0 Å². The number of carbonyl (C=O) groups is 1. The molecule has 0 saturated carbocycles. The lowest BCUT2D eigenvalue weighted by Gasteiger charge is -2.29. The second kappa shape index (κ2) is 7.10. The summed E-state index contributed by atoms with van der Waals surface area (Å²) in [4.78, 5) is 11.8. The number of rotatable bonds is 5. The molecule has 2 fully saturated rings. The van der Waals surface area contributed by atoms with Crippen LogP contribution in [0.15, 0.2) is 0 Å². The molecule has 104 valence electrons. The highest BCUT2D eigenvalue weighted by Crippen LogP contribution is 2.18. The Bertz CT molecular complexity index is 265. The molecular weight excluding hydrogens is 228 g/mol. The lowest BCUT2D eigenvalue weighted by atomic mass is 9.90. The Hall–Kier alpha value is -0.610. The molecule has 0 spiro atoms. The van der Waals surface area contributed by atoms with Crippen LogP contribution in [0.4, 0.5) is 0 Å². The van der Waals surface area contributed by atoms with Crippen molar-refractivity contribution in [2.24, 2.45) is 11.8 Å². The lowest BCUT2D eigenvalue weighted by Crippen LogP contribution is -2.43. The number of amides is 1. The molecule has 2 N–H and O–H groups in total. The van der Waals surface area contributed by atoms with Gasteiger partial charge in [0.15, 0.2) is 0 Å². The van der Waals surface area contributed by atoms with Crippen LogP contribution in [0.3, 0.4) is 0 Å². The molecule has 3 unspecified atom stereocenters. The number of hydrogen-bond donors (Lipinski definition) is 2. The fraction of sp³-hybridized carbons (Fsp3) is 0.929. The molecule has 0 bridgehead atoms. The monoisotopic (exact) mass is 254 g/mol. The topological polar surface area (TPSA) is 50.4 Å². The Kier molecular flexibility index (Phi) is 5.45. The van der Waals surface area contributed by atoms with E-state index in [1.54, 1.807) is 0 Å². The SMILES string of the molecule is CC1CCCNC1CC(=O)NCCC1CCOC1. The second-order valence-electron chi connectivity index (χ2n) is 5.75.